The molecular weight excluding hydrogens is 226 g/mol. The Morgan fingerprint density at radius 3 is 3.06 bits per heavy atom. The Morgan fingerprint density at radius 2 is 2.28 bits per heavy atom. The van der Waals surface area contributed by atoms with E-state index in [0.29, 0.717) is 12.3 Å². The molecule has 0 saturated carbocycles. The Hall–Kier alpha value is -1.55. The molecule has 4 heteroatoms. The Bertz CT molecular complexity index is 419. The number of carbonyl (C=O) groups is 1. The van der Waals surface area contributed by atoms with Gasteiger partial charge < -0.3 is 15.5 Å². The highest BCUT2D eigenvalue weighted by molar-refractivity contribution is 5.78. The van der Waals surface area contributed by atoms with Crippen LogP contribution in [0.15, 0.2) is 24.3 Å². The van der Waals surface area contributed by atoms with Gasteiger partial charge >= 0.3 is 0 Å². The molecule has 1 aromatic rings. The second-order valence-electron chi connectivity index (χ2n) is 4.79. The summed E-state index contributed by atoms with van der Waals surface area (Å²) >= 11 is 0. The van der Waals surface area contributed by atoms with Crippen LogP contribution in [-0.4, -0.2) is 44.5 Å². The molecule has 1 aliphatic rings. The van der Waals surface area contributed by atoms with Crippen LogP contribution in [0.25, 0.3) is 0 Å². The fourth-order valence-corrected chi connectivity index (χ4v) is 2.31. The zero-order valence-electron chi connectivity index (χ0n) is 11.1. The van der Waals surface area contributed by atoms with E-state index < -0.39 is 0 Å². The summed E-state index contributed by atoms with van der Waals surface area (Å²) in [5.74, 6) is 0.527. The van der Waals surface area contributed by atoms with Crippen LogP contribution in [0.4, 0.5) is 5.69 Å². The van der Waals surface area contributed by atoms with Gasteiger partial charge in [-0.25, -0.2) is 0 Å². The maximum absolute atomic E-state index is 12.1. The van der Waals surface area contributed by atoms with Gasteiger partial charge in [0.25, 0.3) is 0 Å². The van der Waals surface area contributed by atoms with Crippen molar-refractivity contribution in [3.05, 3.63) is 29.8 Å². The molecule has 0 saturated heterocycles. The lowest BCUT2D eigenvalue weighted by Crippen LogP contribution is -2.33. The normalized spacial score (nSPS) is 17.1. The van der Waals surface area contributed by atoms with Crippen LogP contribution in [0.1, 0.15) is 17.9 Å². The van der Waals surface area contributed by atoms with Gasteiger partial charge in [-0.05, 0) is 18.7 Å². The van der Waals surface area contributed by atoms with E-state index in [2.05, 4.69) is 22.8 Å². The summed E-state index contributed by atoms with van der Waals surface area (Å²) in [5, 5.41) is 6.41. The molecule has 0 bridgehead atoms. The number of likely N-dealkylation sites (N-methyl/N-ethyl adjacent to an activating group) is 2. The minimum absolute atomic E-state index is 0.216. The predicted molar refractivity (Wildman–Crippen MR) is 73.9 cm³/mol. The maximum Gasteiger partial charge on any atom is 0.223 e. The van der Waals surface area contributed by atoms with Crippen molar-refractivity contribution in [1.82, 2.24) is 10.2 Å². The maximum atomic E-state index is 12.1. The molecule has 0 spiro atoms. The van der Waals surface area contributed by atoms with Gasteiger partial charge in [0, 0.05) is 44.7 Å². The molecule has 2 rings (SSSR count). The van der Waals surface area contributed by atoms with E-state index in [1.165, 1.54) is 11.3 Å². The molecule has 1 amide bonds. The monoisotopic (exact) mass is 247 g/mol. The third-order valence-corrected chi connectivity index (χ3v) is 3.48. The van der Waals surface area contributed by atoms with E-state index in [0.717, 1.165) is 19.6 Å². The van der Waals surface area contributed by atoms with Crippen LogP contribution in [0.3, 0.4) is 0 Å². The number of rotatable bonds is 5. The van der Waals surface area contributed by atoms with Gasteiger partial charge in [-0.15, -0.1) is 0 Å². The second-order valence-corrected chi connectivity index (χ2v) is 4.79. The van der Waals surface area contributed by atoms with E-state index in [1.807, 2.05) is 26.2 Å². The first-order valence-corrected chi connectivity index (χ1v) is 6.43. The third-order valence-electron chi connectivity index (χ3n) is 3.48. The molecule has 2 N–H and O–H groups in total. The van der Waals surface area contributed by atoms with E-state index >= 15 is 0 Å². The molecule has 0 aliphatic carbocycles. The summed E-state index contributed by atoms with van der Waals surface area (Å²) in [4.78, 5) is 13.9. The molecule has 0 fully saturated rings. The zero-order valence-corrected chi connectivity index (χ0v) is 11.1. The van der Waals surface area contributed by atoms with Crippen LogP contribution in [0.2, 0.25) is 0 Å². The molecule has 0 aromatic heterocycles. The Kier molecular flexibility index (Phi) is 4.20. The van der Waals surface area contributed by atoms with Gasteiger partial charge in [0.2, 0.25) is 5.91 Å². The SMILES string of the molecule is CNCCN(C)C(=O)CC1CNc2ccccc21. The van der Waals surface area contributed by atoms with Gasteiger partial charge in [0.1, 0.15) is 0 Å². The average Bonchev–Trinajstić information content (AvgIpc) is 2.79. The number of carbonyl (C=O) groups excluding carboxylic acids is 1. The van der Waals surface area contributed by atoms with E-state index in [9.17, 15) is 4.79 Å². The van der Waals surface area contributed by atoms with Gasteiger partial charge in [-0.3, -0.25) is 4.79 Å². The highest BCUT2D eigenvalue weighted by Gasteiger charge is 2.24. The third kappa shape index (κ3) is 2.82. The number of hydrogen-bond donors (Lipinski definition) is 2. The van der Waals surface area contributed by atoms with Crippen molar-refractivity contribution in [2.45, 2.75) is 12.3 Å². The Morgan fingerprint density at radius 1 is 1.50 bits per heavy atom. The number of amides is 1. The first-order chi connectivity index (χ1) is 8.72. The molecule has 1 aromatic carbocycles. The minimum Gasteiger partial charge on any atom is -0.384 e. The van der Waals surface area contributed by atoms with Gasteiger partial charge in [-0.1, -0.05) is 18.2 Å². The Balaban J connectivity index is 1.93. The first-order valence-electron chi connectivity index (χ1n) is 6.43. The predicted octanol–water partition coefficient (Wildman–Crippen LogP) is 1.26. The lowest BCUT2D eigenvalue weighted by atomic mass is 9.97. The van der Waals surface area contributed by atoms with Crippen molar-refractivity contribution in [2.24, 2.45) is 0 Å². The van der Waals surface area contributed by atoms with Crippen molar-refractivity contribution in [1.29, 1.82) is 0 Å². The fraction of sp³-hybridized carbons (Fsp3) is 0.500. The molecule has 1 aliphatic heterocycles. The summed E-state index contributed by atoms with van der Waals surface area (Å²) in [6.07, 6.45) is 0.588. The van der Waals surface area contributed by atoms with Crippen molar-refractivity contribution < 1.29 is 4.79 Å². The van der Waals surface area contributed by atoms with Crippen LogP contribution in [0, 0.1) is 0 Å². The van der Waals surface area contributed by atoms with Gasteiger partial charge in [0.05, 0.1) is 0 Å². The van der Waals surface area contributed by atoms with E-state index in [4.69, 9.17) is 0 Å². The number of benzene rings is 1. The second kappa shape index (κ2) is 5.87. The first kappa shape index (κ1) is 12.9. The standard InChI is InChI=1S/C14H21N3O/c1-15-7-8-17(2)14(18)9-11-10-16-13-6-4-3-5-12(11)13/h3-6,11,15-16H,7-10H2,1-2H3. The quantitative estimate of drug-likeness (QED) is 0.823. The largest absolute Gasteiger partial charge is 0.384 e. The number of fused-ring (bicyclic) bond motifs is 1. The number of nitrogens with one attached hydrogen (secondary N) is 2. The molecule has 98 valence electrons. The summed E-state index contributed by atoms with van der Waals surface area (Å²) < 4.78 is 0. The average molecular weight is 247 g/mol. The molecule has 0 radical (unpaired) electrons. The van der Waals surface area contributed by atoms with Crippen LogP contribution < -0.4 is 10.6 Å². The number of hydrogen-bond acceptors (Lipinski definition) is 3. The van der Waals surface area contributed by atoms with Crippen LogP contribution in [0.5, 0.6) is 0 Å². The lowest BCUT2D eigenvalue weighted by Gasteiger charge is -2.19. The summed E-state index contributed by atoms with van der Waals surface area (Å²) in [7, 11) is 3.77. The number of anilines is 1. The minimum atomic E-state index is 0.216. The topological polar surface area (TPSA) is 44.4 Å². The van der Waals surface area contributed by atoms with Crippen LogP contribution >= 0.6 is 0 Å². The fourth-order valence-electron chi connectivity index (χ4n) is 2.31. The zero-order chi connectivity index (χ0) is 13.0. The van der Waals surface area contributed by atoms with Gasteiger partial charge in [0.15, 0.2) is 0 Å². The molecule has 18 heavy (non-hydrogen) atoms. The summed E-state index contributed by atoms with van der Waals surface area (Å²) in [6, 6.07) is 8.24. The van der Waals surface area contributed by atoms with Crippen molar-refractivity contribution in [2.75, 3.05) is 39.0 Å². The smallest absolute Gasteiger partial charge is 0.223 e. The van der Waals surface area contributed by atoms with Gasteiger partial charge in [-0.2, -0.15) is 0 Å². The molecule has 1 heterocycles. The number of nitrogens with zero attached hydrogens (tertiary/aromatic N) is 1. The molecule has 1 atom stereocenters. The van der Waals surface area contributed by atoms with Crippen molar-refractivity contribution >= 4 is 11.6 Å². The summed E-state index contributed by atoms with van der Waals surface area (Å²) in [5.41, 5.74) is 2.45. The number of para-hydroxylation sites is 1. The summed E-state index contributed by atoms with van der Waals surface area (Å²) in [6.45, 7) is 2.46. The molecule has 4 nitrogen and oxygen atoms in total. The van der Waals surface area contributed by atoms with E-state index in [-0.39, 0.29) is 5.91 Å². The molecule has 1 unspecified atom stereocenters. The van der Waals surface area contributed by atoms with Crippen molar-refractivity contribution in [3.8, 4) is 0 Å². The van der Waals surface area contributed by atoms with Crippen LogP contribution in [-0.2, 0) is 4.79 Å². The van der Waals surface area contributed by atoms with E-state index in [1.54, 1.807) is 4.90 Å². The Labute approximate surface area is 108 Å². The van der Waals surface area contributed by atoms with Crippen molar-refractivity contribution in [3.63, 3.8) is 0 Å². The highest BCUT2D eigenvalue weighted by atomic mass is 16.2. The lowest BCUT2D eigenvalue weighted by molar-refractivity contribution is -0.130. The molecular formula is C14H21N3O. The highest BCUT2D eigenvalue weighted by Crippen LogP contribution is 2.33.